The molecule has 1 aliphatic carbocycles. The molecule has 104 valence electrons. The van der Waals surface area contributed by atoms with Crippen LogP contribution in [-0.2, 0) is 9.53 Å². The fraction of sp³-hybridized carbons (Fsp3) is 0.923. The molecule has 5 heteroatoms. The molecule has 3 atom stereocenters. The molecule has 3 fully saturated rings. The Balaban J connectivity index is 0.00000120. The maximum atomic E-state index is 12.5. The summed E-state index contributed by atoms with van der Waals surface area (Å²) in [7, 11) is 0. The highest BCUT2D eigenvalue weighted by Crippen LogP contribution is 2.31. The van der Waals surface area contributed by atoms with Crippen LogP contribution in [0.4, 0.5) is 0 Å². The van der Waals surface area contributed by atoms with Crippen molar-refractivity contribution >= 4 is 18.3 Å². The van der Waals surface area contributed by atoms with Gasteiger partial charge in [-0.05, 0) is 38.6 Å². The molecule has 2 heterocycles. The van der Waals surface area contributed by atoms with Crippen LogP contribution in [0.3, 0.4) is 0 Å². The smallest absolute Gasteiger partial charge is 0.227 e. The minimum absolute atomic E-state index is 0. The van der Waals surface area contributed by atoms with E-state index in [0.29, 0.717) is 18.1 Å². The molecule has 4 nitrogen and oxygen atoms in total. The third kappa shape index (κ3) is 2.65. The van der Waals surface area contributed by atoms with Crippen LogP contribution in [-0.4, -0.2) is 49.2 Å². The third-order valence-electron chi connectivity index (χ3n) is 4.41. The van der Waals surface area contributed by atoms with Crippen molar-refractivity contribution in [2.75, 3.05) is 26.2 Å². The predicted octanol–water partition coefficient (Wildman–Crippen LogP) is 1.19. The third-order valence-corrected chi connectivity index (χ3v) is 4.41. The first kappa shape index (κ1) is 14.1. The maximum absolute atomic E-state index is 12.5. The molecule has 0 bridgehead atoms. The number of carbonyl (C=O) groups excluding carboxylic acids is 1. The number of fused-ring (bicyclic) bond motifs is 1. The molecule has 3 unspecified atom stereocenters. The number of amides is 1. The van der Waals surface area contributed by atoms with Gasteiger partial charge in [-0.3, -0.25) is 4.79 Å². The van der Waals surface area contributed by atoms with E-state index in [1.54, 1.807) is 0 Å². The van der Waals surface area contributed by atoms with E-state index in [1.807, 2.05) is 0 Å². The van der Waals surface area contributed by atoms with Gasteiger partial charge in [-0.15, -0.1) is 12.4 Å². The molecule has 0 spiro atoms. The van der Waals surface area contributed by atoms with Crippen molar-refractivity contribution in [2.24, 2.45) is 5.92 Å². The van der Waals surface area contributed by atoms with Gasteiger partial charge in [0.15, 0.2) is 0 Å². The molecule has 0 aromatic carbocycles. The van der Waals surface area contributed by atoms with Gasteiger partial charge < -0.3 is 15.0 Å². The summed E-state index contributed by atoms with van der Waals surface area (Å²) in [6, 6.07) is 0.373. The fourth-order valence-corrected chi connectivity index (χ4v) is 3.50. The van der Waals surface area contributed by atoms with E-state index < -0.39 is 0 Å². The highest BCUT2D eigenvalue weighted by Gasteiger charge is 2.40. The van der Waals surface area contributed by atoms with Gasteiger partial charge in [-0.25, -0.2) is 0 Å². The second-order valence-electron chi connectivity index (χ2n) is 5.48. The van der Waals surface area contributed by atoms with E-state index in [9.17, 15) is 4.79 Å². The van der Waals surface area contributed by atoms with E-state index in [4.69, 9.17) is 4.74 Å². The Kier molecular flexibility index (Phi) is 4.87. The number of halogens is 1. The fourth-order valence-electron chi connectivity index (χ4n) is 3.50. The number of morpholine rings is 1. The number of rotatable bonds is 1. The molecule has 1 N–H and O–H groups in total. The summed E-state index contributed by atoms with van der Waals surface area (Å²) in [5, 5.41) is 3.34. The van der Waals surface area contributed by atoms with Crippen LogP contribution in [0.25, 0.3) is 0 Å². The number of nitrogens with one attached hydrogen (secondary N) is 1. The number of piperidine rings is 1. The van der Waals surface area contributed by atoms with E-state index >= 15 is 0 Å². The van der Waals surface area contributed by atoms with E-state index in [-0.39, 0.29) is 18.3 Å². The van der Waals surface area contributed by atoms with Crippen molar-refractivity contribution < 1.29 is 9.53 Å². The zero-order chi connectivity index (χ0) is 11.7. The van der Waals surface area contributed by atoms with Gasteiger partial charge in [0.1, 0.15) is 0 Å². The Hall–Kier alpha value is -0.320. The van der Waals surface area contributed by atoms with Crippen LogP contribution in [0, 0.1) is 5.92 Å². The summed E-state index contributed by atoms with van der Waals surface area (Å²) in [5.74, 6) is 0.584. The van der Waals surface area contributed by atoms with Crippen molar-refractivity contribution in [1.82, 2.24) is 10.2 Å². The Morgan fingerprint density at radius 2 is 2.11 bits per heavy atom. The van der Waals surface area contributed by atoms with Crippen LogP contribution < -0.4 is 5.32 Å². The topological polar surface area (TPSA) is 41.6 Å². The zero-order valence-corrected chi connectivity index (χ0v) is 11.6. The van der Waals surface area contributed by atoms with Crippen molar-refractivity contribution in [2.45, 2.75) is 44.2 Å². The average molecular weight is 275 g/mol. The molecule has 1 saturated carbocycles. The first-order valence-electron chi connectivity index (χ1n) is 6.99. The lowest BCUT2D eigenvalue weighted by molar-refractivity contribution is -0.148. The molecule has 2 saturated heterocycles. The Morgan fingerprint density at radius 3 is 2.89 bits per heavy atom. The van der Waals surface area contributed by atoms with Crippen LogP contribution in [0.5, 0.6) is 0 Å². The summed E-state index contributed by atoms with van der Waals surface area (Å²) in [5.41, 5.74) is 0. The van der Waals surface area contributed by atoms with Gasteiger partial charge in [0.05, 0.1) is 24.7 Å². The minimum atomic E-state index is 0. The monoisotopic (exact) mass is 274 g/mol. The van der Waals surface area contributed by atoms with Crippen LogP contribution in [0.15, 0.2) is 0 Å². The molecular formula is C13H23ClN2O2. The van der Waals surface area contributed by atoms with Gasteiger partial charge in [-0.2, -0.15) is 0 Å². The van der Waals surface area contributed by atoms with Crippen molar-refractivity contribution in [3.63, 3.8) is 0 Å². The van der Waals surface area contributed by atoms with E-state index in [1.165, 1.54) is 6.42 Å². The molecule has 0 aromatic heterocycles. The normalized spacial score (nSPS) is 35.8. The number of hydrogen-bond acceptors (Lipinski definition) is 3. The molecule has 0 radical (unpaired) electrons. The van der Waals surface area contributed by atoms with Gasteiger partial charge >= 0.3 is 0 Å². The van der Waals surface area contributed by atoms with E-state index in [2.05, 4.69) is 10.2 Å². The molecule has 3 rings (SSSR count). The molecule has 1 amide bonds. The van der Waals surface area contributed by atoms with Crippen LogP contribution in [0.2, 0.25) is 0 Å². The molecule has 3 aliphatic rings. The first-order valence-corrected chi connectivity index (χ1v) is 6.99. The lowest BCUT2D eigenvalue weighted by Crippen LogP contribution is -2.54. The van der Waals surface area contributed by atoms with Gasteiger partial charge in [0.25, 0.3) is 0 Å². The Labute approximate surface area is 115 Å². The second kappa shape index (κ2) is 6.22. The second-order valence-corrected chi connectivity index (χ2v) is 5.48. The molecule has 2 aliphatic heterocycles. The number of ether oxygens (including phenoxy) is 1. The molecular weight excluding hydrogens is 252 g/mol. The van der Waals surface area contributed by atoms with Crippen LogP contribution >= 0.6 is 12.4 Å². The largest absolute Gasteiger partial charge is 0.374 e. The van der Waals surface area contributed by atoms with Gasteiger partial charge in [-0.1, -0.05) is 0 Å². The molecule has 0 aromatic rings. The van der Waals surface area contributed by atoms with Gasteiger partial charge in [0.2, 0.25) is 5.91 Å². The quantitative estimate of drug-likeness (QED) is 0.781. The number of nitrogens with zero attached hydrogens (tertiary/aromatic N) is 1. The lowest BCUT2D eigenvalue weighted by atomic mass is 9.96. The summed E-state index contributed by atoms with van der Waals surface area (Å²) < 4.78 is 5.76. The standard InChI is InChI=1S/C13H22N2O2.ClH/c16-13(10-3-2-6-14-9-10)15-7-8-17-12-5-1-4-11(12)15;/h10-12,14H,1-9H2;1H. The average Bonchev–Trinajstić information content (AvgIpc) is 2.87. The van der Waals surface area contributed by atoms with Crippen molar-refractivity contribution in [3.8, 4) is 0 Å². The summed E-state index contributed by atoms with van der Waals surface area (Å²) in [6.45, 7) is 3.47. The summed E-state index contributed by atoms with van der Waals surface area (Å²) in [6.07, 6.45) is 6.00. The number of hydrogen-bond donors (Lipinski definition) is 1. The van der Waals surface area contributed by atoms with Crippen LogP contribution in [0.1, 0.15) is 32.1 Å². The summed E-state index contributed by atoms with van der Waals surface area (Å²) in [4.78, 5) is 14.6. The Bertz CT molecular complexity index is 295. The van der Waals surface area contributed by atoms with Gasteiger partial charge in [0, 0.05) is 13.1 Å². The Morgan fingerprint density at radius 1 is 1.22 bits per heavy atom. The van der Waals surface area contributed by atoms with E-state index in [0.717, 1.165) is 51.9 Å². The first-order chi connectivity index (χ1) is 8.36. The molecule has 18 heavy (non-hydrogen) atoms. The summed E-state index contributed by atoms with van der Waals surface area (Å²) >= 11 is 0. The SMILES string of the molecule is Cl.O=C(C1CCCNC1)N1CCOC2CCCC21. The number of carbonyl (C=O) groups is 1. The zero-order valence-electron chi connectivity index (χ0n) is 10.8. The van der Waals surface area contributed by atoms with Crippen molar-refractivity contribution in [3.05, 3.63) is 0 Å². The van der Waals surface area contributed by atoms with Crippen molar-refractivity contribution in [1.29, 1.82) is 0 Å². The maximum Gasteiger partial charge on any atom is 0.227 e. The minimum Gasteiger partial charge on any atom is -0.374 e. The highest BCUT2D eigenvalue weighted by molar-refractivity contribution is 5.85. The predicted molar refractivity (Wildman–Crippen MR) is 71.9 cm³/mol. The lowest BCUT2D eigenvalue weighted by Gasteiger charge is -2.40. The highest BCUT2D eigenvalue weighted by atomic mass is 35.5.